The second-order valence-corrected chi connectivity index (χ2v) is 7.05. The van der Waals surface area contributed by atoms with Crippen LogP contribution in [0.2, 0.25) is 0 Å². The van der Waals surface area contributed by atoms with Crippen molar-refractivity contribution in [2.24, 2.45) is 5.92 Å². The van der Waals surface area contributed by atoms with Crippen molar-refractivity contribution in [1.29, 1.82) is 0 Å². The van der Waals surface area contributed by atoms with E-state index in [-0.39, 0.29) is 11.6 Å². The highest BCUT2D eigenvalue weighted by atomic mass is 16.2. The van der Waals surface area contributed by atoms with Gasteiger partial charge >= 0.3 is 6.03 Å². The summed E-state index contributed by atoms with van der Waals surface area (Å²) in [6.07, 6.45) is 2.57. The van der Waals surface area contributed by atoms with E-state index in [0.29, 0.717) is 0 Å². The Balaban J connectivity index is 1.91. The van der Waals surface area contributed by atoms with Gasteiger partial charge in [0.25, 0.3) is 0 Å². The molecule has 2 fully saturated rings. The number of rotatable bonds is 2. The molecule has 0 spiro atoms. The van der Waals surface area contributed by atoms with Crippen molar-refractivity contribution >= 4 is 6.03 Å². The first-order valence-corrected chi connectivity index (χ1v) is 7.82. The third-order valence-electron chi connectivity index (χ3n) is 4.66. The summed E-state index contributed by atoms with van der Waals surface area (Å²) in [5, 5.41) is 3.43. The molecule has 2 aliphatic rings. The number of carbonyl (C=O) groups excluding carboxylic acids is 1. The number of piperazine rings is 1. The number of urea groups is 1. The molecule has 0 aromatic rings. The maximum atomic E-state index is 12.1. The summed E-state index contributed by atoms with van der Waals surface area (Å²) in [6.45, 7) is 10.7. The summed E-state index contributed by atoms with van der Waals surface area (Å²) >= 11 is 0. The SMILES string of the molecule is CN(C)C(=O)N1CCN(CC2CCNCC2)C(C)(C)C1. The normalized spacial score (nSPS) is 24.7. The van der Waals surface area contributed by atoms with Gasteiger partial charge in [-0.05, 0) is 45.7 Å². The van der Waals surface area contributed by atoms with E-state index < -0.39 is 0 Å². The average Bonchev–Trinajstić information content (AvgIpc) is 2.41. The fourth-order valence-electron chi connectivity index (χ4n) is 3.35. The molecule has 5 nitrogen and oxygen atoms in total. The topological polar surface area (TPSA) is 38.8 Å². The van der Waals surface area contributed by atoms with E-state index >= 15 is 0 Å². The van der Waals surface area contributed by atoms with Crippen LogP contribution in [0.25, 0.3) is 0 Å². The molecule has 0 aliphatic carbocycles. The molecule has 0 aromatic heterocycles. The summed E-state index contributed by atoms with van der Waals surface area (Å²) in [4.78, 5) is 18.4. The van der Waals surface area contributed by atoms with Crippen molar-refractivity contribution < 1.29 is 4.79 Å². The fraction of sp³-hybridized carbons (Fsp3) is 0.933. The monoisotopic (exact) mass is 282 g/mol. The minimum atomic E-state index is 0.0782. The van der Waals surface area contributed by atoms with Crippen molar-refractivity contribution in [3.63, 3.8) is 0 Å². The van der Waals surface area contributed by atoms with Gasteiger partial charge in [-0.1, -0.05) is 0 Å². The van der Waals surface area contributed by atoms with Crippen LogP contribution in [0.5, 0.6) is 0 Å². The van der Waals surface area contributed by atoms with Gasteiger partial charge in [0.1, 0.15) is 0 Å². The molecule has 5 heteroatoms. The lowest BCUT2D eigenvalue weighted by molar-refractivity contribution is 0.0164. The van der Waals surface area contributed by atoms with Crippen molar-refractivity contribution in [3.8, 4) is 0 Å². The van der Waals surface area contributed by atoms with Gasteiger partial charge in [0.15, 0.2) is 0 Å². The molecule has 0 unspecified atom stereocenters. The van der Waals surface area contributed by atoms with Crippen LogP contribution in [0.1, 0.15) is 26.7 Å². The first kappa shape index (κ1) is 15.6. The van der Waals surface area contributed by atoms with Crippen LogP contribution in [0.3, 0.4) is 0 Å². The first-order valence-electron chi connectivity index (χ1n) is 7.82. The third-order valence-corrected chi connectivity index (χ3v) is 4.66. The highest BCUT2D eigenvalue weighted by Gasteiger charge is 2.36. The second kappa shape index (κ2) is 6.31. The maximum absolute atomic E-state index is 12.1. The van der Waals surface area contributed by atoms with E-state index in [1.165, 1.54) is 19.4 Å². The lowest BCUT2D eigenvalue weighted by Crippen LogP contribution is -2.62. The number of piperidine rings is 1. The van der Waals surface area contributed by atoms with Crippen molar-refractivity contribution in [3.05, 3.63) is 0 Å². The molecule has 0 atom stereocenters. The van der Waals surface area contributed by atoms with Crippen molar-refractivity contribution in [2.45, 2.75) is 32.2 Å². The van der Waals surface area contributed by atoms with E-state index in [2.05, 4.69) is 24.1 Å². The summed E-state index contributed by atoms with van der Waals surface area (Å²) in [7, 11) is 3.66. The van der Waals surface area contributed by atoms with Gasteiger partial charge in [0.2, 0.25) is 0 Å². The highest BCUT2D eigenvalue weighted by Crippen LogP contribution is 2.25. The smallest absolute Gasteiger partial charge is 0.319 e. The minimum Gasteiger partial charge on any atom is -0.331 e. The molecule has 0 aromatic carbocycles. The van der Waals surface area contributed by atoms with E-state index in [1.807, 2.05) is 19.0 Å². The van der Waals surface area contributed by atoms with E-state index in [9.17, 15) is 4.79 Å². The van der Waals surface area contributed by atoms with Gasteiger partial charge < -0.3 is 15.1 Å². The van der Waals surface area contributed by atoms with Crippen LogP contribution in [-0.4, -0.2) is 79.6 Å². The van der Waals surface area contributed by atoms with Crippen molar-refractivity contribution in [1.82, 2.24) is 20.0 Å². The molecule has 2 heterocycles. The predicted molar refractivity (Wildman–Crippen MR) is 81.9 cm³/mol. The van der Waals surface area contributed by atoms with E-state index in [1.54, 1.807) is 4.90 Å². The molecular weight excluding hydrogens is 252 g/mol. The third kappa shape index (κ3) is 3.64. The molecule has 1 N–H and O–H groups in total. The highest BCUT2D eigenvalue weighted by molar-refractivity contribution is 5.74. The average molecular weight is 282 g/mol. The number of nitrogens with one attached hydrogen (secondary N) is 1. The number of nitrogens with zero attached hydrogens (tertiary/aromatic N) is 3. The Morgan fingerprint density at radius 3 is 2.45 bits per heavy atom. The number of hydrogen-bond acceptors (Lipinski definition) is 3. The summed E-state index contributed by atoms with van der Waals surface area (Å²) in [6, 6.07) is 0.139. The fourth-order valence-corrected chi connectivity index (χ4v) is 3.35. The molecule has 2 rings (SSSR count). The van der Waals surface area contributed by atoms with Gasteiger partial charge in [0.05, 0.1) is 0 Å². The summed E-state index contributed by atoms with van der Waals surface area (Å²) in [5.74, 6) is 0.812. The molecule has 2 amide bonds. The molecule has 2 saturated heterocycles. The molecule has 20 heavy (non-hydrogen) atoms. The molecule has 116 valence electrons. The number of hydrogen-bond donors (Lipinski definition) is 1. The lowest BCUT2D eigenvalue weighted by Gasteiger charge is -2.49. The molecule has 0 radical (unpaired) electrons. The quantitative estimate of drug-likeness (QED) is 0.823. The molecule has 0 bridgehead atoms. The Morgan fingerprint density at radius 1 is 1.25 bits per heavy atom. The molecular formula is C15H30N4O. The number of amides is 2. The van der Waals surface area contributed by atoms with Crippen LogP contribution in [0.15, 0.2) is 0 Å². The van der Waals surface area contributed by atoms with Gasteiger partial charge in [0, 0.05) is 45.8 Å². The lowest BCUT2D eigenvalue weighted by atomic mass is 9.92. The van der Waals surface area contributed by atoms with Crippen LogP contribution in [0, 0.1) is 5.92 Å². The molecule has 0 saturated carbocycles. The van der Waals surface area contributed by atoms with Crippen LogP contribution >= 0.6 is 0 Å². The Morgan fingerprint density at radius 2 is 1.90 bits per heavy atom. The van der Waals surface area contributed by atoms with Crippen LogP contribution in [0.4, 0.5) is 4.79 Å². The zero-order valence-electron chi connectivity index (χ0n) is 13.5. The zero-order chi connectivity index (χ0) is 14.8. The Bertz CT molecular complexity index is 337. The van der Waals surface area contributed by atoms with Gasteiger partial charge in [-0.15, -0.1) is 0 Å². The van der Waals surface area contributed by atoms with E-state index in [4.69, 9.17) is 0 Å². The first-order chi connectivity index (χ1) is 9.40. The van der Waals surface area contributed by atoms with E-state index in [0.717, 1.165) is 38.6 Å². The van der Waals surface area contributed by atoms with Crippen LogP contribution < -0.4 is 5.32 Å². The molecule has 2 aliphatic heterocycles. The zero-order valence-corrected chi connectivity index (χ0v) is 13.5. The Hall–Kier alpha value is -0.810. The largest absolute Gasteiger partial charge is 0.331 e. The second-order valence-electron chi connectivity index (χ2n) is 7.05. The van der Waals surface area contributed by atoms with Gasteiger partial charge in [-0.3, -0.25) is 4.90 Å². The maximum Gasteiger partial charge on any atom is 0.319 e. The standard InChI is InChI=1S/C15H30N4O/c1-15(2)12-18(14(20)17(3)4)9-10-19(15)11-13-5-7-16-8-6-13/h13,16H,5-12H2,1-4H3. The summed E-state index contributed by atoms with van der Waals surface area (Å²) < 4.78 is 0. The Labute approximate surface area is 123 Å². The predicted octanol–water partition coefficient (Wildman–Crippen LogP) is 1.06. The van der Waals surface area contributed by atoms with Crippen molar-refractivity contribution in [2.75, 3.05) is 53.4 Å². The number of carbonyl (C=O) groups is 1. The van der Waals surface area contributed by atoms with Crippen LogP contribution in [-0.2, 0) is 0 Å². The van der Waals surface area contributed by atoms with Gasteiger partial charge in [-0.2, -0.15) is 0 Å². The van der Waals surface area contributed by atoms with Gasteiger partial charge in [-0.25, -0.2) is 4.79 Å². The minimum absolute atomic E-state index is 0.0782. The summed E-state index contributed by atoms with van der Waals surface area (Å²) in [5.41, 5.74) is 0.0782. The Kier molecular flexibility index (Phi) is 4.91.